The quantitative estimate of drug-likeness (QED) is 0.377. The van der Waals surface area contributed by atoms with Gasteiger partial charge >= 0.3 is 12.0 Å². The smallest absolute Gasteiger partial charge is 0.330 e. The Hall–Kier alpha value is -2.63. The van der Waals surface area contributed by atoms with Crippen molar-refractivity contribution in [2.45, 2.75) is 39.2 Å². The van der Waals surface area contributed by atoms with E-state index in [2.05, 4.69) is 5.32 Å². The monoisotopic (exact) mass is 330 g/mol. The molecule has 1 aliphatic heterocycles. The standard InChI is InChI=1S/C18H22N2O4/c1-4-5-12-24-15(21)11-10-13-8-6-7-9-14(13)20-16(22)18(2,3)19-17(20)23/h6-11H,4-5,12H2,1-3H3,(H,19,23)/b11-10+. The zero-order chi connectivity index (χ0) is 17.7. The molecule has 0 aliphatic carbocycles. The Labute approximate surface area is 141 Å². The van der Waals surface area contributed by atoms with Crippen molar-refractivity contribution in [2.24, 2.45) is 0 Å². The first-order valence-electron chi connectivity index (χ1n) is 7.97. The molecule has 24 heavy (non-hydrogen) atoms. The lowest BCUT2D eigenvalue weighted by atomic mass is 10.1. The third kappa shape index (κ3) is 3.82. The molecule has 0 atom stereocenters. The highest BCUT2D eigenvalue weighted by molar-refractivity contribution is 6.23. The van der Waals surface area contributed by atoms with Gasteiger partial charge < -0.3 is 10.1 Å². The molecule has 1 aliphatic rings. The Kier molecular flexibility index (Phi) is 5.39. The summed E-state index contributed by atoms with van der Waals surface area (Å²) in [5.74, 6) is -0.783. The lowest BCUT2D eigenvalue weighted by molar-refractivity contribution is -0.137. The summed E-state index contributed by atoms with van der Waals surface area (Å²) in [7, 11) is 0. The van der Waals surface area contributed by atoms with Crippen LogP contribution in [-0.2, 0) is 14.3 Å². The number of unbranched alkanes of at least 4 members (excludes halogenated alkanes) is 1. The van der Waals surface area contributed by atoms with Crippen molar-refractivity contribution in [1.82, 2.24) is 5.32 Å². The van der Waals surface area contributed by atoms with Gasteiger partial charge in [-0.1, -0.05) is 31.5 Å². The van der Waals surface area contributed by atoms with E-state index >= 15 is 0 Å². The first kappa shape index (κ1) is 17.7. The summed E-state index contributed by atoms with van der Waals surface area (Å²) in [6.45, 7) is 5.69. The van der Waals surface area contributed by atoms with Crippen molar-refractivity contribution in [2.75, 3.05) is 11.5 Å². The highest BCUT2D eigenvalue weighted by atomic mass is 16.5. The topological polar surface area (TPSA) is 75.7 Å². The van der Waals surface area contributed by atoms with Gasteiger partial charge in [-0.25, -0.2) is 14.5 Å². The van der Waals surface area contributed by atoms with Gasteiger partial charge in [0.05, 0.1) is 12.3 Å². The molecule has 0 bridgehead atoms. The SMILES string of the molecule is CCCCOC(=O)/C=C/c1ccccc1N1C(=O)NC(C)(C)C1=O. The molecule has 1 heterocycles. The molecule has 1 fully saturated rings. The number of nitrogens with zero attached hydrogens (tertiary/aromatic N) is 1. The van der Waals surface area contributed by atoms with E-state index in [0.717, 1.165) is 17.7 Å². The number of para-hydroxylation sites is 1. The minimum absolute atomic E-state index is 0.334. The Bertz CT molecular complexity index is 679. The number of esters is 1. The Morgan fingerprint density at radius 3 is 2.62 bits per heavy atom. The normalized spacial score (nSPS) is 16.5. The molecule has 0 saturated carbocycles. The average Bonchev–Trinajstić information content (AvgIpc) is 2.74. The van der Waals surface area contributed by atoms with Crippen molar-refractivity contribution in [3.8, 4) is 0 Å². The molecule has 2 rings (SSSR count). The van der Waals surface area contributed by atoms with E-state index in [1.807, 2.05) is 6.92 Å². The van der Waals surface area contributed by atoms with Crippen molar-refractivity contribution >= 4 is 29.7 Å². The maximum Gasteiger partial charge on any atom is 0.330 e. The lowest BCUT2D eigenvalue weighted by Gasteiger charge is -2.17. The first-order valence-corrected chi connectivity index (χ1v) is 7.97. The van der Waals surface area contributed by atoms with E-state index in [9.17, 15) is 14.4 Å². The molecule has 1 N–H and O–H groups in total. The number of hydrogen-bond acceptors (Lipinski definition) is 4. The predicted octanol–water partition coefficient (Wildman–Crippen LogP) is 2.88. The maximum atomic E-state index is 12.4. The number of benzene rings is 1. The summed E-state index contributed by atoms with van der Waals surface area (Å²) in [4.78, 5) is 37.4. The average molecular weight is 330 g/mol. The van der Waals surface area contributed by atoms with Crippen LogP contribution in [0.25, 0.3) is 6.08 Å². The Balaban J connectivity index is 2.21. The summed E-state index contributed by atoms with van der Waals surface area (Å²) in [6, 6.07) is 6.43. The molecule has 128 valence electrons. The number of imide groups is 1. The molecular weight excluding hydrogens is 308 g/mol. The van der Waals surface area contributed by atoms with Gasteiger partial charge in [0.2, 0.25) is 0 Å². The fourth-order valence-corrected chi connectivity index (χ4v) is 2.32. The Morgan fingerprint density at radius 2 is 2.00 bits per heavy atom. The number of urea groups is 1. The zero-order valence-corrected chi connectivity index (χ0v) is 14.2. The van der Waals surface area contributed by atoms with Crippen molar-refractivity contribution in [3.05, 3.63) is 35.9 Å². The van der Waals surface area contributed by atoms with E-state index < -0.39 is 17.5 Å². The predicted molar refractivity (Wildman–Crippen MR) is 91.4 cm³/mol. The van der Waals surface area contributed by atoms with E-state index in [1.165, 1.54) is 6.08 Å². The largest absolute Gasteiger partial charge is 0.463 e. The molecule has 3 amide bonds. The number of anilines is 1. The molecule has 0 aromatic heterocycles. The molecule has 0 radical (unpaired) electrons. The minimum Gasteiger partial charge on any atom is -0.463 e. The van der Waals surface area contributed by atoms with Gasteiger partial charge in [0.15, 0.2) is 0 Å². The van der Waals surface area contributed by atoms with Crippen molar-refractivity contribution < 1.29 is 19.1 Å². The fraction of sp³-hybridized carbons (Fsp3) is 0.389. The van der Waals surface area contributed by atoms with Crippen LogP contribution in [-0.4, -0.2) is 30.1 Å². The van der Waals surface area contributed by atoms with E-state index in [4.69, 9.17) is 4.74 Å². The first-order chi connectivity index (χ1) is 11.4. The molecule has 1 aromatic carbocycles. The summed E-state index contributed by atoms with van der Waals surface area (Å²) in [5, 5.41) is 2.64. The van der Waals surface area contributed by atoms with Gasteiger partial charge in [0.1, 0.15) is 5.54 Å². The number of amides is 3. The van der Waals surface area contributed by atoms with E-state index in [0.29, 0.717) is 17.9 Å². The summed E-state index contributed by atoms with van der Waals surface area (Å²) >= 11 is 0. The maximum absolute atomic E-state index is 12.4. The summed E-state index contributed by atoms with van der Waals surface area (Å²) < 4.78 is 5.06. The highest BCUT2D eigenvalue weighted by Crippen LogP contribution is 2.28. The van der Waals surface area contributed by atoms with Crippen LogP contribution in [0.4, 0.5) is 10.5 Å². The molecule has 6 nitrogen and oxygen atoms in total. The Morgan fingerprint density at radius 1 is 1.29 bits per heavy atom. The van der Waals surface area contributed by atoms with Crippen molar-refractivity contribution in [1.29, 1.82) is 0 Å². The van der Waals surface area contributed by atoms with Crippen LogP contribution in [0, 0.1) is 0 Å². The second-order valence-electron chi connectivity index (χ2n) is 6.11. The van der Waals surface area contributed by atoms with Gasteiger partial charge in [0, 0.05) is 6.08 Å². The van der Waals surface area contributed by atoms with Gasteiger partial charge in [-0.3, -0.25) is 4.79 Å². The summed E-state index contributed by atoms with van der Waals surface area (Å²) in [5.41, 5.74) is 0.0711. The number of carbonyl (C=O) groups excluding carboxylic acids is 3. The molecule has 0 spiro atoms. The van der Waals surface area contributed by atoms with E-state index in [-0.39, 0.29) is 5.91 Å². The van der Waals surface area contributed by atoms with Crippen LogP contribution in [0.15, 0.2) is 30.3 Å². The minimum atomic E-state index is -0.951. The number of nitrogens with one attached hydrogen (secondary N) is 1. The summed E-state index contributed by atoms with van der Waals surface area (Å²) in [6.07, 6.45) is 4.61. The van der Waals surface area contributed by atoms with Crippen LogP contribution in [0.5, 0.6) is 0 Å². The van der Waals surface area contributed by atoms with E-state index in [1.54, 1.807) is 44.2 Å². The van der Waals surface area contributed by atoms with Crippen molar-refractivity contribution in [3.63, 3.8) is 0 Å². The zero-order valence-electron chi connectivity index (χ0n) is 14.2. The van der Waals surface area contributed by atoms with Gasteiger partial charge in [0.25, 0.3) is 5.91 Å². The third-order valence-corrected chi connectivity index (χ3v) is 3.68. The van der Waals surface area contributed by atoms with Crippen LogP contribution in [0.1, 0.15) is 39.2 Å². The molecule has 1 saturated heterocycles. The highest BCUT2D eigenvalue weighted by Gasteiger charge is 2.45. The van der Waals surface area contributed by atoms with Crippen LogP contribution in [0.2, 0.25) is 0 Å². The number of ether oxygens (including phenoxy) is 1. The van der Waals surface area contributed by atoms with Gasteiger partial charge in [-0.2, -0.15) is 0 Å². The molecular formula is C18H22N2O4. The van der Waals surface area contributed by atoms with Crippen LogP contribution < -0.4 is 10.2 Å². The molecule has 6 heteroatoms. The number of carbonyl (C=O) groups is 3. The van der Waals surface area contributed by atoms with Gasteiger partial charge in [-0.05, 0) is 38.0 Å². The third-order valence-electron chi connectivity index (χ3n) is 3.68. The number of hydrogen-bond donors (Lipinski definition) is 1. The molecule has 1 aromatic rings. The second kappa shape index (κ2) is 7.29. The van der Waals surface area contributed by atoms with Gasteiger partial charge in [-0.15, -0.1) is 0 Å². The molecule has 0 unspecified atom stereocenters. The lowest BCUT2D eigenvalue weighted by Crippen LogP contribution is -2.40. The second-order valence-corrected chi connectivity index (χ2v) is 6.11. The van der Waals surface area contributed by atoms with Crippen LogP contribution in [0.3, 0.4) is 0 Å². The fourth-order valence-electron chi connectivity index (χ4n) is 2.32. The number of rotatable bonds is 6. The van der Waals surface area contributed by atoms with Crippen LogP contribution >= 0.6 is 0 Å².